The summed E-state index contributed by atoms with van der Waals surface area (Å²) in [5.41, 5.74) is 0.740. The van der Waals surface area contributed by atoms with Crippen LogP contribution in [0.25, 0.3) is 10.8 Å². The fraction of sp³-hybridized carbons (Fsp3) is 0.0455. The normalized spacial score (nSPS) is 10.9. The predicted octanol–water partition coefficient (Wildman–Crippen LogP) is 4.30. The van der Waals surface area contributed by atoms with E-state index in [1.807, 2.05) is 0 Å². The lowest BCUT2D eigenvalue weighted by atomic mass is 10.1. The highest BCUT2D eigenvalue weighted by Crippen LogP contribution is 2.23. The number of anilines is 1. The van der Waals surface area contributed by atoms with Gasteiger partial charge in [-0.05, 0) is 41.3 Å². The number of pyridine rings is 2. The van der Waals surface area contributed by atoms with Gasteiger partial charge in [0.25, 0.3) is 17.0 Å². The molecular weight excluding hydrogens is 425 g/mol. The molecule has 0 aliphatic rings. The summed E-state index contributed by atoms with van der Waals surface area (Å²) in [4.78, 5) is 39.7. The molecule has 0 aliphatic carbocycles. The minimum Gasteiger partial charge on any atom is -0.319 e. The van der Waals surface area contributed by atoms with E-state index in [2.05, 4.69) is 10.3 Å². The molecule has 0 bridgehead atoms. The first kappa shape index (κ1) is 19.9. The lowest BCUT2D eigenvalue weighted by Gasteiger charge is -2.11. The summed E-state index contributed by atoms with van der Waals surface area (Å²) in [6.45, 7) is 0.256. The Hall–Kier alpha value is -3.35. The fourth-order valence-electron chi connectivity index (χ4n) is 3.10. The maximum atomic E-state index is 12.6. The van der Waals surface area contributed by atoms with Crippen LogP contribution >= 0.6 is 23.2 Å². The predicted molar refractivity (Wildman–Crippen MR) is 119 cm³/mol. The zero-order valence-electron chi connectivity index (χ0n) is 15.5. The molecular formula is C22H15Cl2N3O3. The number of halogens is 2. The van der Waals surface area contributed by atoms with Gasteiger partial charge in [-0.1, -0.05) is 47.5 Å². The molecule has 8 heteroatoms. The number of H-pyrrole nitrogens is 1. The van der Waals surface area contributed by atoms with E-state index in [-0.39, 0.29) is 23.4 Å². The number of hydrogen-bond acceptors (Lipinski definition) is 3. The van der Waals surface area contributed by atoms with Crippen LogP contribution in [0.5, 0.6) is 0 Å². The molecule has 4 rings (SSSR count). The van der Waals surface area contributed by atoms with Crippen LogP contribution in [0.4, 0.5) is 5.69 Å². The molecule has 2 heterocycles. The average molecular weight is 440 g/mol. The Bertz CT molecular complexity index is 1390. The van der Waals surface area contributed by atoms with Gasteiger partial charge in [-0.25, -0.2) is 0 Å². The molecule has 0 atom stereocenters. The monoisotopic (exact) mass is 439 g/mol. The first-order valence-electron chi connectivity index (χ1n) is 8.98. The summed E-state index contributed by atoms with van der Waals surface area (Å²) in [5, 5.41) is 4.70. The molecule has 6 nitrogen and oxygen atoms in total. The van der Waals surface area contributed by atoms with Gasteiger partial charge in [0, 0.05) is 17.6 Å². The number of amides is 1. The van der Waals surface area contributed by atoms with Crippen LogP contribution in [-0.2, 0) is 6.54 Å². The molecule has 1 amide bonds. The maximum absolute atomic E-state index is 12.6. The van der Waals surface area contributed by atoms with Crippen LogP contribution in [0.3, 0.4) is 0 Å². The van der Waals surface area contributed by atoms with Crippen molar-refractivity contribution in [3.8, 4) is 0 Å². The SMILES string of the molecule is O=C(Nc1ccc(=O)n(Cc2ccc(Cl)c(Cl)c2)c1)c1cc2ccccc2c(=O)[nH]1. The molecule has 30 heavy (non-hydrogen) atoms. The smallest absolute Gasteiger partial charge is 0.272 e. The third-order valence-electron chi connectivity index (χ3n) is 4.58. The second-order valence-corrected chi connectivity index (χ2v) is 7.50. The molecule has 0 spiro atoms. The van der Waals surface area contributed by atoms with E-state index in [0.29, 0.717) is 26.5 Å². The Kier molecular flexibility index (Phi) is 5.44. The summed E-state index contributed by atoms with van der Waals surface area (Å²) >= 11 is 12.0. The van der Waals surface area contributed by atoms with Gasteiger partial charge in [-0.3, -0.25) is 14.4 Å². The average Bonchev–Trinajstić information content (AvgIpc) is 2.73. The second kappa shape index (κ2) is 8.18. The number of carbonyl (C=O) groups is 1. The fourth-order valence-corrected chi connectivity index (χ4v) is 3.42. The number of aromatic amines is 1. The van der Waals surface area contributed by atoms with Crippen LogP contribution in [0.2, 0.25) is 10.0 Å². The summed E-state index contributed by atoms with van der Waals surface area (Å²) in [6.07, 6.45) is 1.53. The highest BCUT2D eigenvalue weighted by Gasteiger charge is 2.11. The second-order valence-electron chi connectivity index (χ2n) is 6.69. The zero-order chi connectivity index (χ0) is 21.3. The van der Waals surface area contributed by atoms with E-state index in [1.54, 1.807) is 48.5 Å². The van der Waals surface area contributed by atoms with Gasteiger partial charge in [0.05, 0.1) is 22.3 Å². The van der Waals surface area contributed by atoms with Crippen molar-refractivity contribution in [2.24, 2.45) is 0 Å². The number of benzene rings is 2. The van der Waals surface area contributed by atoms with Gasteiger partial charge >= 0.3 is 0 Å². The third kappa shape index (κ3) is 4.15. The Balaban J connectivity index is 1.60. The van der Waals surface area contributed by atoms with Crippen LogP contribution in [0, 0.1) is 0 Å². The van der Waals surface area contributed by atoms with Gasteiger partial charge in [-0.2, -0.15) is 0 Å². The van der Waals surface area contributed by atoms with Gasteiger partial charge < -0.3 is 14.9 Å². The van der Waals surface area contributed by atoms with Crippen molar-refractivity contribution in [3.05, 3.63) is 109 Å². The van der Waals surface area contributed by atoms with Crippen molar-refractivity contribution in [1.82, 2.24) is 9.55 Å². The zero-order valence-corrected chi connectivity index (χ0v) is 17.0. The summed E-state index contributed by atoms with van der Waals surface area (Å²) in [5.74, 6) is -0.488. The van der Waals surface area contributed by atoms with Crippen molar-refractivity contribution >= 4 is 45.6 Å². The number of aromatic nitrogens is 2. The molecule has 2 aromatic carbocycles. The van der Waals surface area contributed by atoms with E-state index >= 15 is 0 Å². The first-order chi connectivity index (χ1) is 14.4. The number of nitrogens with zero attached hydrogens (tertiary/aromatic N) is 1. The van der Waals surface area contributed by atoms with Crippen molar-refractivity contribution in [1.29, 1.82) is 0 Å². The summed E-state index contributed by atoms with van der Waals surface area (Å²) in [6, 6.07) is 16.6. The molecule has 0 saturated carbocycles. The van der Waals surface area contributed by atoms with Crippen molar-refractivity contribution < 1.29 is 4.79 Å². The van der Waals surface area contributed by atoms with Crippen molar-refractivity contribution in [2.45, 2.75) is 6.54 Å². The Morgan fingerprint density at radius 1 is 0.967 bits per heavy atom. The number of carbonyl (C=O) groups excluding carboxylic acids is 1. The van der Waals surface area contributed by atoms with Gasteiger partial charge in [-0.15, -0.1) is 0 Å². The van der Waals surface area contributed by atoms with Gasteiger partial charge in [0.15, 0.2) is 0 Å². The molecule has 0 saturated heterocycles. The number of nitrogens with one attached hydrogen (secondary N) is 2. The lowest BCUT2D eigenvalue weighted by Crippen LogP contribution is -2.22. The topological polar surface area (TPSA) is 84.0 Å². The minimum atomic E-state index is -0.488. The number of rotatable bonds is 4. The van der Waals surface area contributed by atoms with Crippen molar-refractivity contribution in [2.75, 3.05) is 5.32 Å². The van der Waals surface area contributed by atoms with Crippen LogP contribution in [0.15, 0.2) is 76.4 Å². The minimum absolute atomic E-state index is 0.126. The molecule has 0 aliphatic heterocycles. The number of fused-ring (bicyclic) bond motifs is 1. The van der Waals surface area contributed by atoms with E-state index in [1.165, 1.54) is 22.9 Å². The molecule has 0 unspecified atom stereocenters. The Labute approximate surface area is 180 Å². The molecule has 0 radical (unpaired) electrons. The third-order valence-corrected chi connectivity index (χ3v) is 5.32. The molecule has 2 aromatic heterocycles. The first-order valence-corrected chi connectivity index (χ1v) is 9.74. The Morgan fingerprint density at radius 2 is 1.77 bits per heavy atom. The molecule has 4 aromatic rings. The van der Waals surface area contributed by atoms with Crippen LogP contribution in [-0.4, -0.2) is 15.5 Å². The largest absolute Gasteiger partial charge is 0.319 e. The van der Waals surface area contributed by atoms with E-state index in [9.17, 15) is 14.4 Å². The summed E-state index contributed by atoms with van der Waals surface area (Å²) in [7, 11) is 0. The van der Waals surface area contributed by atoms with E-state index in [0.717, 1.165) is 5.56 Å². The van der Waals surface area contributed by atoms with Gasteiger partial charge in [0.1, 0.15) is 5.69 Å². The highest BCUT2D eigenvalue weighted by atomic mass is 35.5. The van der Waals surface area contributed by atoms with Crippen LogP contribution < -0.4 is 16.4 Å². The maximum Gasteiger partial charge on any atom is 0.272 e. The van der Waals surface area contributed by atoms with Crippen molar-refractivity contribution in [3.63, 3.8) is 0 Å². The standard InChI is InChI=1S/C22H15Cl2N3O3/c23-17-7-5-13(9-18(17)24)11-27-12-15(6-8-20(27)28)25-22(30)19-10-14-3-1-2-4-16(14)21(29)26-19/h1-10,12H,11H2,(H,25,30)(H,26,29). The van der Waals surface area contributed by atoms with E-state index in [4.69, 9.17) is 23.2 Å². The molecule has 150 valence electrons. The van der Waals surface area contributed by atoms with E-state index < -0.39 is 5.91 Å². The number of hydrogen-bond donors (Lipinski definition) is 2. The quantitative estimate of drug-likeness (QED) is 0.497. The lowest BCUT2D eigenvalue weighted by molar-refractivity contribution is 0.102. The highest BCUT2D eigenvalue weighted by molar-refractivity contribution is 6.42. The Morgan fingerprint density at radius 3 is 2.57 bits per heavy atom. The molecule has 0 fully saturated rings. The van der Waals surface area contributed by atoms with Gasteiger partial charge in [0.2, 0.25) is 0 Å². The van der Waals surface area contributed by atoms with Crippen LogP contribution in [0.1, 0.15) is 16.1 Å². The summed E-state index contributed by atoms with van der Waals surface area (Å²) < 4.78 is 1.44. The molecule has 2 N–H and O–H groups in total.